The molecule has 10 heteroatoms. The number of sulfonamides is 1. The summed E-state index contributed by atoms with van der Waals surface area (Å²) in [5.74, 6) is 1.22. The maximum Gasteiger partial charge on any atom is 0.244 e. The number of benzene rings is 2. The molecule has 0 bridgehead atoms. The second-order valence-electron chi connectivity index (χ2n) is 7.19. The van der Waals surface area contributed by atoms with Crippen LogP contribution in [0.25, 0.3) is 0 Å². The lowest BCUT2D eigenvalue weighted by Crippen LogP contribution is -2.48. The Morgan fingerprint density at radius 1 is 1.13 bits per heavy atom. The predicted octanol–water partition coefficient (Wildman–Crippen LogP) is 3.15. The van der Waals surface area contributed by atoms with Gasteiger partial charge in [0.2, 0.25) is 15.9 Å². The van der Waals surface area contributed by atoms with E-state index in [2.05, 4.69) is 5.32 Å². The summed E-state index contributed by atoms with van der Waals surface area (Å²) in [6.45, 7) is 4.28. The summed E-state index contributed by atoms with van der Waals surface area (Å²) in [7, 11) is -2.31. The molecule has 0 saturated carbocycles. The Kier molecular flexibility index (Phi) is 6.86. The average molecular weight is 469 g/mol. The molecule has 1 aliphatic heterocycles. The number of carbonyl (C=O) groups is 1. The van der Waals surface area contributed by atoms with Crippen molar-refractivity contribution in [3.8, 4) is 17.2 Å². The SMILES string of the molecule is COc1ccc(N([C@@H](C)C(=O)N[C@@H](C)c2ccc3c(c2)OCCO3)S(C)(=O)=O)cc1Cl. The second kappa shape index (κ2) is 9.23. The van der Waals surface area contributed by atoms with Gasteiger partial charge < -0.3 is 19.5 Å². The molecule has 1 N–H and O–H groups in total. The average Bonchev–Trinajstić information content (AvgIpc) is 2.72. The topological polar surface area (TPSA) is 94.2 Å². The fourth-order valence-electron chi connectivity index (χ4n) is 3.35. The van der Waals surface area contributed by atoms with Crippen LogP contribution >= 0.6 is 11.6 Å². The highest BCUT2D eigenvalue weighted by Gasteiger charge is 2.30. The van der Waals surface area contributed by atoms with E-state index in [-0.39, 0.29) is 16.8 Å². The number of carbonyl (C=O) groups excluding carboxylic acids is 1. The van der Waals surface area contributed by atoms with E-state index in [4.69, 9.17) is 25.8 Å². The van der Waals surface area contributed by atoms with E-state index >= 15 is 0 Å². The monoisotopic (exact) mass is 468 g/mol. The molecule has 1 heterocycles. The van der Waals surface area contributed by atoms with Gasteiger partial charge in [0.1, 0.15) is 25.0 Å². The molecule has 2 aromatic carbocycles. The van der Waals surface area contributed by atoms with Gasteiger partial charge in [-0.25, -0.2) is 8.42 Å². The van der Waals surface area contributed by atoms with Crippen LogP contribution in [0.3, 0.4) is 0 Å². The summed E-state index contributed by atoms with van der Waals surface area (Å²) < 4.78 is 42.3. The van der Waals surface area contributed by atoms with Crippen LogP contribution in [-0.4, -0.2) is 46.9 Å². The van der Waals surface area contributed by atoms with Crippen molar-refractivity contribution in [2.24, 2.45) is 0 Å². The van der Waals surface area contributed by atoms with Crippen LogP contribution in [-0.2, 0) is 14.8 Å². The molecule has 2 atom stereocenters. The normalized spacial score (nSPS) is 15.0. The van der Waals surface area contributed by atoms with Crippen LogP contribution in [0, 0.1) is 0 Å². The van der Waals surface area contributed by atoms with Crippen LogP contribution in [0.1, 0.15) is 25.5 Å². The molecule has 0 saturated heterocycles. The van der Waals surface area contributed by atoms with Crippen LogP contribution in [0.5, 0.6) is 17.2 Å². The van der Waals surface area contributed by atoms with Gasteiger partial charge in [-0.3, -0.25) is 9.10 Å². The van der Waals surface area contributed by atoms with Gasteiger partial charge in [0.05, 0.1) is 30.1 Å². The smallest absolute Gasteiger partial charge is 0.244 e. The summed E-state index contributed by atoms with van der Waals surface area (Å²) in [4.78, 5) is 13.0. The van der Waals surface area contributed by atoms with E-state index in [1.54, 1.807) is 18.2 Å². The number of amides is 1. The van der Waals surface area contributed by atoms with Gasteiger partial charge in [0.25, 0.3) is 0 Å². The number of fused-ring (bicyclic) bond motifs is 1. The molecule has 0 aliphatic carbocycles. The first kappa shape index (κ1) is 23.0. The van der Waals surface area contributed by atoms with E-state index in [0.29, 0.717) is 30.5 Å². The first-order valence-electron chi connectivity index (χ1n) is 9.64. The van der Waals surface area contributed by atoms with Crippen LogP contribution < -0.4 is 23.8 Å². The highest BCUT2D eigenvalue weighted by molar-refractivity contribution is 7.92. The van der Waals surface area contributed by atoms with E-state index in [1.165, 1.54) is 20.1 Å². The highest BCUT2D eigenvalue weighted by Crippen LogP contribution is 2.33. The zero-order valence-electron chi connectivity index (χ0n) is 17.7. The maximum atomic E-state index is 13.0. The Hall–Kier alpha value is -2.65. The van der Waals surface area contributed by atoms with E-state index < -0.39 is 22.0 Å². The Labute approximate surface area is 187 Å². The number of halogens is 1. The minimum absolute atomic E-state index is 0.242. The number of rotatable bonds is 7. The van der Waals surface area contributed by atoms with Gasteiger partial charge in [-0.1, -0.05) is 17.7 Å². The molecule has 0 unspecified atom stereocenters. The molecule has 0 radical (unpaired) electrons. The summed E-state index contributed by atoms with van der Waals surface area (Å²) in [5.41, 5.74) is 1.08. The first-order valence-corrected chi connectivity index (χ1v) is 11.9. The van der Waals surface area contributed by atoms with Gasteiger partial charge in [-0.05, 0) is 49.7 Å². The molecule has 31 heavy (non-hydrogen) atoms. The Morgan fingerprint density at radius 3 is 2.42 bits per heavy atom. The molecule has 0 spiro atoms. The number of hydrogen-bond acceptors (Lipinski definition) is 6. The Bertz CT molecular complexity index is 1080. The number of methoxy groups -OCH3 is 1. The lowest BCUT2D eigenvalue weighted by molar-refractivity contribution is -0.122. The van der Waals surface area contributed by atoms with Gasteiger partial charge in [0, 0.05) is 0 Å². The summed E-state index contributed by atoms with van der Waals surface area (Å²) in [5, 5.41) is 3.10. The van der Waals surface area contributed by atoms with Gasteiger partial charge >= 0.3 is 0 Å². The molecular weight excluding hydrogens is 444 g/mol. The number of anilines is 1. The van der Waals surface area contributed by atoms with Crippen molar-refractivity contribution >= 4 is 33.2 Å². The van der Waals surface area contributed by atoms with Gasteiger partial charge in [0.15, 0.2) is 11.5 Å². The molecule has 0 aromatic heterocycles. The summed E-state index contributed by atoms with van der Waals surface area (Å²) in [6, 6.07) is 8.58. The fraction of sp³-hybridized carbons (Fsp3) is 0.381. The molecule has 8 nitrogen and oxygen atoms in total. The number of ether oxygens (including phenoxy) is 3. The van der Waals surface area contributed by atoms with Crippen molar-refractivity contribution in [2.75, 3.05) is 30.9 Å². The van der Waals surface area contributed by atoms with Crippen LogP contribution in [0.2, 0.25) is 5.02 Å². The molecular formula is C21H25ClN2O6S. The van der Waals surface area contributed by atoms with E-state index in [0.717, 1.165) is 16.1 Å². The molecule has 2 aromatic rings. The third-order valence-corrected chi connectivity index (χ3v) is 6.44. The Morgan fingerprint density at radius 2 is 1.81 bits per heavy atom. The number of hydrogen-bond donors (Lipinski definition) is 1. The van der Waals surface area contributed by atoms with Crippen molar-refractivity contribution in [3.05, 3.63) is 47.0 Å². The van der Waals surface area contributed by atoms with Crippen LogP contribution in [0.15, 0.2) is 36.4 Å². The third-order valence-electron chi connectivity index (χ3n) is 4.90. The number of nitrogens with one attached hydrogen (secondary N) is 1. The van der Waals surface area contributed by atoms with Crippen LogP contribution in [0.4, 0.5) is 5.69 Å². The van der Waals surface area contributed by atoms with Crippen molar-refractivity contribution < 1.29 is 27.4 Å². The number of nitrogens with zero attached hydrogens (tertiary/aromatic N) is 1. The zero-order valence-corrected chi connectivity index (χ0v) is 19.3. The molecule has 1 amide bonds. The molecule has 1 aliphatic rings. The summed E-state index contributed by atoms with van der Waals surface area (Å²) in [6.07, 6.45) is 1.04. The molecule has 168 valence electrons. The van der Waals surface area contributed by atoms with Crippen molar-refractivity contribution in [1.29, 1.82) is 0 Å². The largest absolute Gasteiger partial charge is 0.495 e. The standard InChI is InChI=1S/C21H25ClN2O6S/c1-13(15-5-7-19-20(11-15)30-10-9-29-19)23-21(25)14(2)24(31(4,26)27)16-6-8-18(28-3)17(22)12-16/h5-8,11-14H,9-10H2,1-4H3,(H,23,25)/t13-,14-/m0/s1. The van der Waals surface area contributed by atoms with Gasteiger partial charge in [-0.2, -0.15) is 0 Å². The second-order valence-corrected chi connectivity index (χ2v) is 9.45. The first-order chi connectivity index (χ1) is 14.6. The highest BCUT2D eigenvalue weighted by atomic mass is 35.5. The predicted molar refractivity (Wildman–Crippen MR) is 119 cm³/mol. The third kappa shape index (κ3) is 5.16. The quantitative estimate of drug-likeness (QED) is 0.670. The summed E-state index contributed by atoms with van der Waals surface area (Å²) >= 11 is 6.16. The molecule has 0 fully saturated rings. The van der Waals surface area contributed by atoms with Crippen molar-refractivity contribution in [3.63, 3.8) is 0 Å². The minimum atomic E-state index is -3.77. The fourth-order valence-corrected chi connectivity index (χ4v) is 4.77. The van der Waals surface area contributed by atoms with Crippen molar-refractivity contribution in [1.82, 2.24) is 5.32 Å². The van der Waals surface area contributed by atoms with Gasteiger partial charge in [-0.15, -0.1) is 0 Å². The minimum Gasteiger partial charge on any atom is -0.495 e. The zero-order chi connectivity index (χ0) is 22.8. The van der Waals surface area contributed by atoms with E-state index in [9.17, 15) is 13.2 Å². The molecule has 3 rings (SSSR count). The van der Waals surface area contributed by atoms with Crippen molar-refractivity contribution in [2.45, 2.75) is 25.9 Å². The Balaban J connectivity index is 1.81. The lowest BCUT2D eigenvalue weighted by atomic mass is 10.1. The maximum absolute atomic E-state index is 13.0. The van der Waals surface area contributed by atoms with E-state index in [1.807, 2.05) is 19.1 Å². The lowest BCUT2D eigenvalue weighted by Gasteiger charge is -2.29.